The molecule has 1 aliphatic heterocycles. The second-order valence-corrected chi connectivity index (χ2v) is 8.98. The molecular weight excluding hydrogens is 502 g/mol. The largest absolute Gasteiger partial charge is 0.464 e. The first-order valence-electron chi connectivity index (χ1n) is 10.6. The summed E-state index contributed by atoms with van der Waals surface area (Å²) in [5, 5.41) is 3.96. The molecule has 190 valence electrons. The average molecular weight is 528 g/mol. The summed E-state index contributed by atoms with van der Waals surface area (Å²) in [6.45, 7) is 2.47. The number of hydrogen-bond donors (Lipinski definition) is 2. The predicted molar refractivity (Wildman–Crippen MR) is 126 cm³/mol. The number of hydrogen-bond acceptors (Lipinski definition) is 12. The molecule has 2 N–H and O–H groups in total. The molecule has 0 aromatic carbocycles. The summed E-state index contributed by atoms with van der Waals surface area (Å²) in [7, 11) is 0. The summed E-state index contributed by atoms with van der Waals surface area (Å²) in [5.41, 5.74) is -0.352. The Labute approximate surface area is 209 Å². The van der Waals surface area contributed by atoms with Crippen molar-refractivity contribution >= 4 is 57.5 Å². The van der Waals surface area contributed by atoms with Gasteiger partial charge in [0.25, 0.3) is 11.8 Å². The summed E-state index contributed by atoms with van der Waals surface area (Å²) >= 11 is 1.45. The van der Waals surface area contributed by atoms with E-state index >= 15 is 0 Å². The van der Waals surface area contributed by atoms with Gasteiger partial charge in [-0.05, 0) is 26.0 Å². The van der Waals surface area contributed by atoms with E-state index in [0.29, 0.717) is 0 Å². The highest BCUT2D eigenvalue weighted by molar-refractivity contribution is 8.14. The van der Waals surface area contributed by atoms with Crippen LogP contribution in [0.1, 0.15) is 34.8 Å². The zero-order valence-electron chi connectivity index (χ0n) is 19.1. The lowest BCUT2D eigenvalue weighted by molar-refractivity contribution is -0.145. The fourth-order valence-electron chi connectivity index (χ4n) is 2.63. The van der Waals surface area contributed by atoms with E-state index in [1.807, 2.05) is 0 Å². The molecule has 0 saturated carbocycles. The van der Waals surface area contributed by atoms with Crippen LogP contribution in [0.3, 0.4) is 0 Å². The number of aromatic nitrogens is 1. The molecule has 1 aromatic heterocycles. The van der Waals surface area contributed by atoms with E-state index < -0.39 is 59.3 Å². The molecule has 2 amide bonds. The number of rotatable bonds is 4. The van der Waals surface area contributed by atoms with Gasteiger partial charge in [-0.15, -0.1) is 0 Å². The SMILES string of the molecule is CCOC(=O)[C@H]1CSC(=O)COCC(=O)SC[C@H](C(=O)OCC)NC(=O)c2cccc(n2)C(=O)N1. The molecule has 2 bridgehead atoms. The monoisotopic (exact) mass is 527 g/mol. The van der Waals surface area contributed by atoms with Gasteiger partial charge in [0.1, 0.15) is 36.7 Å². The second-order valence-electron chi connectivity index (χ2n) is 6.82. The Morgan fingerprint density at radius 1 is 0.886 bits per heavy atom. The number of amides is 2. The molecule has 0 saturated heterocycles. The zero-order valence-corrected chi connectivity index (χ0v) is 20.7. The highest BCUT2D eigenvalue weighted by Crippen LogP contribution is 2.11. The van der Waals surface area contributed by atoms with Gasteiger partial charge in [-0.2, -0.15) is 0 Å². The average Bonchev–Trinajstić information content (AvgIpc) is 2.83. The topological polar surface area (TPSA) is 167 Å². The van der Waals surface area contributed by atoms with Crippen LogP contribution >= 0.6 is 23.5 Å². The molecule has 35 heavy (non-hydrogen) atoms. The van der Waals surface area contributed by atoms with Crippen molar-refractivity contribution in [2.75, 3.05) is 37.9 Å². The van der Waals surface area contributed by atoms with Crippen LogP contribution in [0.25, 0.3) is 0 Å². The maximum Gasteiger partial charge on any atom is 0.329 e. The van der Waals surface area contributed by atoms with Crippen LogP contribution in [0.2, 0.25) is 0 Å². The number of esters is 2. The van der Waals surface area contributed by atoms with Crippen molar-refractivity contribution in [2.45, 2.75) is 25.9 Å². The smallest absolute Gasteiger partial charge is 0.329 e. The number of carbonyl (C=O) groups excluding carboxylic acids is 6. The molecule has 1 aliphatic rings. The lowest BCUT2D eigenvalue weighted by Gasteiger charge is -2.18. The molecule has 2 rings (SSSR count). The quantitative estimate of drug-likeness (QED) is 0.502. The number of thioether (sulfide) groups is 2. The van der Waals surface area contributed by atoms with Crippen molar-refractivity contribution in [3.05, 3.63) is 29.6 Å². The Morgan fingerprint density at radius 3 is 1.71 bits per heavy atom. The van der Waals surface area contributed by atoms with Crippen LogP contribution in [0.4, 0.5) is 0 Å². The van der Waals surface area contributed by atoms with Crippen molar-refractivity contribution in [1.29, 1.82) is 0 Å². The van der Waals surface area contributed by atoms with Crippen molar-refractivity contribution in [3.63, 3.8) is 0 Å². The van der Waals surface area contributed by atoms with Crippen molar-refractivity contribution < 1.29 is 43.0 Å². The molecule has 12 nitrogen and oxygen atoms in total. The maximum atomic E-state index is 12.7. The first-order valence-corrected chi connectivity index (χ1v) is 12.5. The molecule has 0 radical (unpaired) electrons. The minimum atomic E-state index is -1.18. The molecule has 0 spiro atoms. The van der Waals surface area contributed by atoms with E-state index in [9.17, 15) is 28.8 Å². The van der Waals surface area contributed by atoms with E-state index in [0.717, 1.165) is 23.5 Å². The van der Waals surface area contributed by atoms with Gasteiger partial charge in [0.05, 0.1) is 13.2 Å². The standard InChI is InChI=1S/C21H25N3O9S2/c1-3-32-20(29)14-10-34-16(25)8-31-9-17(26)35-11-15(21(30)33-4-2)24-19(28)13-7-5-6-12(22-13)18(27)23-14/h5-7,14-15H,3-4,8-11H2,1-2H3,(H,23,27)(H,24,28)/t14-,15-/m1/s1. The summed E-state index contributed by atoms with van der Waals surface area (Å²) in [6, 6.07) is 1.70. The van der Waals surface area contributed by atoms with Crippen LogP contribution in [-0.2, 0) is 33.4 Å². The molecule has 14 heteroatoms. The second kappa shape index (κ2) is 14.4. The fraction of sp³-hybridized carbons (Fsp3) is 0.476. The highest BCUT2D eigenvalue weighted by atomic mass is 32.2. The lowest BCUT2D eigenvalue weighted by atomic mass is 10.2. The van der Waals surface area contributed by atoms with Crippen molar-refractivity contribution in [3.8, 4) is 0 Å². The summed E-state index contributed by atoms with van der Waals surface area (Å²) in [4.78, 5) is 78.3. The first-order chi connectivity index (χ1) is 16.7. The van der Waals surface area contributed by atoms with Crippen molar-refractivity contribution in [2.24, 2.45) is 0 Å². The Morgan fingerprint density at radius 2 is 1.31 bits per heavy atom. The summed E-state index contributed by atoms with van der Waals surface area (Å²) in [5.74, 6) is -3.34. The van der Waals surface area contributed by atoms with Gasteiger partial charge >= 0.3 is 11.9 Å². The zero-order chi connectivity index (χ0) is 25.8. The molecule has 0 fully saturated rings. The lowest BCUT2D eigenvalue weighted by Crippen LogP contribution is -2.45. The van der Waals surface area contributed by atoms with Gasteiger partial charge in [-0.25, -0.2) is 14.6 Å². The van der Waals surface area contributed by atoms with Crippen LogP contribution in [0, 0.1) is 0 Å². The Bertz CT molecular complexity index is 902. The molecule has 0 unspecified atom stereocenters. The van der Waals surface area contributed by atoms with Crippen LogP contribution < -0.4 is 10.6 Å². The Balaban J connectivity index is 2.32. The number of nitrogens with zero attached hydrogens (tertiary/aromatic N) is 1. The molecule has 2 heterocycles. The minimum absolute atomic E-state index is 0.0578. The number of ether oxygens (including phenoxy) is 3. The third-order valence-electron chi connectivity index (χ3n) is 4.23. The number of carbonyl (C=O) groups is 6. The molecular formula is C21H25N3O9S2. The predicted octanol–water partition coefficient (Wildman–Crippen LogP) is -0.0456. The van der Waals surface area contributed by atoms with Gasteiger partial charge in [0.2, 0.25) is 10.2 Å². The third-order valence-corrected chi connectivity index (χ3v) is 6.11. The summed E-state index contributed by atoms with van der Waals surface area (Å²) < 4.78 is 15.0. The Hall–Kier alpha value is -2.97. The highest BCUT2D eigenvalue weighted by Gasteiger charge is 2.27. The molecule has 2 atom stereocenters. The third kappa shape index (κ3) is 9.30. The van der Waals surface area contributed by atoms with E-state index in [1.54, 1.807) is 13.8 Å². The van der Waals surface area contributed by atoms with Crippen LogP contribution in [0.15, 0.2) is 18.2 Å². The number of nitrogens with one attached hydrogen (secondary N) is 2. The van der Waals surface area contributed by atoms with E-state index in [4.69, 9.17) is 14.2 Å². The van der Waals surface area contributed by atoms with E-state index in [2.05, 4.69) is 15.6 Å². The Kier molecular flexibility index (Phi) is 11.7. The van der Waals surface area contributed by atoms with Gasteiger partial charge in [-0.1, -0.05) is 29.6 Å². The molecule has 0 aliphatic carbocycles. The number of pyridine rings is 1. The van der Waals surface area contributed by atoms with Crippen molar-refractivity contribution in [1.82, 2.24) is 15.6 Å². The maximum absolute atomic E-state index is 12.7. The molecule has 1 aromatic rings. The first kappa shape index (κ1) is 28.3. The van der Waals surface area contributed by atoms with Gasteiger partial charge < -0.3 is 24.8 Å². The van der Waals surface area contributed by atoms with Gasteiger partial charge in [-0.3, -0.25) is 19.2 Å². The fourth-order valence-corrected chi connectivity index (χ4v) is 4.11. The summed E-state index contributed by atoms with van der Waals surface area (Å²) in [6.07, 6.45) is 0. The van der Waals surface area contributed by atoms with E-state index in [-0.39, 0.29) is 36.1 Å². The normalized spacial score (nSPS) is 20.6. The van der Waals surface area contributed by atoms with Crippen LogP contribution in [0.5, 0.6) is 0 Å². The number of fused-ring (bicyclic) bond motifs is 2. The van der Waals surface area contributed by atoms with Crippen LogP contribution in [-0.4, -0.2) is 89.0 Å². The van der Waals surface area contributed by atoms with Gasteiger partial charge in [0.15, 0.2) is 0 Å². The van der Waals surface area contributed by atoms with Gasteiger partial charge in [0, 0.05) is 11.5 Å². The minimum Gasteiger partial charge on any atom is -0.464 e. The van der Waals surface area contributed by atoms with E-state index in [1.165, 1.54) is 18.2 Å².